The molecule has 6 nitrogen and oxygen atoms in total. The fraction of sp³-hybridized carbons (Fsp3) is 0.636. The van der Waals surface area contributed by atoms with E-state index in [0.717, 1.165) is 64.5 Å². The molecular formula is C22H35FIN5O. The van der Waals surface area contributed by atoms with Gasteiger partial charge in [0.05, 0.1) is 5.69 Å². The van der Waals surface area contributed by atoms with Crippen molar-refractivity contribution in [1.29, 1.82) is 0 Å². The molecule has 3 rings (SSSR count). The van der Waals surface area contributed by atoms with Gasteiger partial charge >= 0.3 is 0 Å². The zero-order valence-corrected chi connectivity index (χ0v) is 20.5. The van der Waals surface area contributed by atoms with Gasteiger partial charge in [-0.2, -0.15) is 0 Å². The quantitative estimate of drug-likeness (QED) is 0.333. The maximum absolute atomic E-state index is 14.1. The summed E-state index contributed by atoms with van der Waals surface area (Å²) in [6, 6.07) is 7.25. The summed E-state index contributed by atoms with van der Waals surface area (Å²) in [5, 5.41) is 3.39. The third-order valence-electron chi connectivity index (χ3n) is 5.85. The number of piperazine rings is 1. The zero-order valence-electron chi connectivity index (χ0n) is 18.1. The minimum Gasteiger partial charge on any atom is -0.366 e. The first-order chi connectivity index (χ1) is 14.1. The number of carbonyl (C=O) groups excluding carboxylic acids is 1. The molecule has 0 aliphatic carbocycles. The van der Waals surface area contributed by atoms with Gasteiger partial charge in [-0.15, -0.1) is 24.0 Å². The number of rotatable bonds is 7. The second-order valence-electron chi connectivity index (χ2n) is 7.70. The lowest BCUT2D eigenvalue weighted by molar-refractivity contribution is -0.129. The first-order valence-corrected chi connectivity index (χ1v) is 11.0. The second-order valence-corrected chi connectivity index (χ2v) is 7.70. The van der Waals surface area contributed by atoms with Crippen LogP contribution in [0.1, 0.15) is 39.5 Å². The fourth-order valence-electron chi connectivity index (χ4n) is 4.25. The smallest absolute Gasteiger partial charge is 0.222 e. The molecule has 2 aliphatic rings. The maximum Gasteiger partial charge on any atom is 0.222 e. The molecule has 0 saturated carbocycles. The number of aliphatic imine (C=N–C) groups is 1. The highest BCUT2D eigenvalue weighted by Gasteiger charge is 2.26. The van der Waals surface area contributed by atoms with E-state index >= 15 is 0 Å². The van der Waals surface area contributed by atoms with E-state index in [-0.39, 0.29) is 41.7 Å². The van der Waals surface area contributed by atoms with Crippen LogP contribution in [0, 0.1) is 5.82 Å². The van der Waals surface area contributed by atoms with E-state index in [9.17, 15) is 9.18 Å². The van der Waals surface area contributed by atoms with E-state index in [0.29, 0.717) is 18.7 Å². The molecule has 30 heavy (non-hydrogen) atoms. The number of anilines is 1. The van der Waals surface area contributed by atoms with Crippen LogP contribution in [0.4, 0.5) is 10.1 Å². The number of nitrogens with one attached hydrogen (secondary N) is 1. The van der Waals surface area contributed by atoms with Gasteiger partial charge in [0.2, 0.25) is 5.91 Å². The van der Waals surface area contributed by atoms with Crippen LogP contribution in [0.25, 0.3) is 0 Å². The van der Waals surface area contributed by atoms with Gasteiger partial charge in [-0.25, -0.2) is 4.39 Å². The summed E-state index contributed by atoms with van der Waals surface area (Å²) >= 11 is 0. The minimum absolute atomic E-state index is 0. The summed E-state index contributed by atoms with van der Waals surface area (Å²) in [7, 11) is 0. The van der Waals surface area contributed by atoms with Gasteiger partial charge < -0.3 is 20.0 Å². The Balaban J connectivity index is 0.00000320. The van der Waals surface area contributed by atoms with Crippen molar-refractivity contribution in [3.8, 4) is 0 Å². The SMILES string of the molecule is CCNC(=NCCC(CC)N1CCCC1=O)N1CCN(c2ccccc2F)CC1.I. The topological polar surface area (TPSA) is 51.2 Å². The Bertz CT molecular complexity index is 709. The Morgan fingerprint density at radius 2 is 1.90 bits per heavy atom. The average molecular weight is 531 g/mol. The molecule has 2 aliphatic heterocycles. The van der Waals surface area contributed by atoms with Crippen LogP contribution in [0.15, 0.2) is 29.3 Å². The predicted molar refractivity (Wildman–Crippen MR) is 131 cm³/mol. The Morgan fingerprint density at radius 1 is 1.17 bits per heavy atom. The number of nitrogens with zero attached hydrogens (tertiary/aromatic N) is 4. The molecule has 2 heterocycles. The summed E-state index contributed by atoms with van der Waals surface area (Å²) in [4.78, 5) is 23.3. The van der Waals surface area contributed by atoms with Gasteiger partial charge in [-0.1, -0.05) is 19.1 Å². The van der Waals surface area contributed by atoms with Gasteiger partial charge in [0.15, 0.2) is 5.96 Å². The molecule has 1 aromatic carbocycles. The fourth-order valence-corrected chi connectivity index (χ4v) is 4.25. The van der Waals surface area contributed by atoms with Crippen LogP contribution in [0.5, 0.6) is 0 Å². The van der Waals surface area contributed by atoms with Crippen LogP contribution >= 0.6 is 24.0 Å². The van der Waals surface area contributed by atoms with Gasteiger partial charge in [-0.05, 0) is 38.3 Å². The third kappa shape index (κ3) is 6.21. The molecular weight excluding hydrogens is 496 g/mol. The maximum atomic E-state index is 14.1. The molecule has 1 unspecified atom stereocenters. The van der Waals surface area contributed by atoms with Crippen LogP contribution in [-0.4, -0.2) is 73.5 Å². The Hall–Kier alpha value is -1.58. The van der Waals surface area contributed by atoms with Crippen LogP contribution in [0.2, 0.25) is 0 Å². The molecule has 2 fully saturated rings. The largest absolute Gasteiger partial charge is 0.366 e. The molecule has 0 aromatic heterocycles. The number of halogens is 2. The third-order valence-corrected chi connectivity index (χ3v) is 5.85. The van der Waals surface area contributed by atoms with Crippen molar-refractivity contribution in [2.75, 3.05) is 50.7 Å². The van der Waals surface area contributed by atoms with Crippen LogP contribution < -0.4 is 10.2 Å². The highest BCUT2D eigenvalue weighted by Crippen LogP contribution is 2.20. The first kappa shape index (κ1) is 24.7. The molecule has 2 saturated heterocycles. The van der Waals surface area contributed by atoms with E-state index in [2.05, 4.69) is 29.0 Å². The molecule has 1 N–H and O–H groups in total. The molecule has 1 aromatic rings. The van der Waals surface area contributed by atoms with Crippen molar-refractivity contribution < 1.29 is 9.18 Å². The Labute approximate surface area is 196 Å². The highest BCUT2D eigenvalue weighted by atomic mass is 127. The number of hydrogen-bond acceptors (Lipinski definition) is 3. The first-order valence-electron chi connectivity index (χ1n) is 11.0. The van der Waals surface area contributed by atoms with E-state index < -0.39 is 0 Å². The average Bonchev–Trinajstić information content (AvgIpc) is 3.17. The molecule has 0 bridgehead atoms. The van der Waals surface area contributed by atoms with Crippen molar-refractivity contribution in [2.24, 2.45) is 4.99 Å². The normalized spacial score (nSPS) is 18.4. The van der Waals surface area contributed by atoms with Gasteiger partial charge in [-0.3, -0.25) is 9.79 Å². The van der Waals surface area contributed by atoms with Gasteiger partial charge in [0.1, 0.15) is 5.82 Å². The number of likely N-dealkylation sites (tertiary alicyclic amines) is 1. The summed E-state index contributed by atoms with van der Waals surface area (Å²) in [5.74, 6) is 1.05. The lowest BCUT2D eigenvalue weighted by Crippen LogP contribution is -2.52. The lowest BCUT2D eigenvalue weighted by Gasteiger charge is -2.37. The van der Waals surface area contributed by atoms with E-state index in [1.807, 2.05) is 17.0 Å². The molecule has 1 amide bonds. The van der Waals surface area contributed by atoms with Gasteiger partial charge in [0.25, 0.3) is 0 Å². The van der Waals surface area contributed by atoms with Crippen molar-refractivity contribution in [2.45, 2.75) is 45.6 Å². The standard InChI is InChI=1S/C22H34FN5O.HI/c1-3-18(28-13-7-10-21(28)29)11-12-25-22(24-4-2)27-16-14-26(15-17-27)20-9-6-5-8-19(20)23;/h5-6,8-9,18H,3-4,7,10-17H2,1-2H3,(H,24,25);1H. The Kier molecular flexibility index (Phi) is 10.1. The number of guanidine groups is 1. The number of benzene rings is 1. The van der Waals surface area contributed by atoms with E-state index in [1.54, 1.807) is 6.07 Å². The number of hydrogen-bond donors (Lipinski definition) is 1. The number of amides is 1. The molecule has 8 heteroatoms. The summed E-state index contributed by atoms with van der Waals surface area (Å²) < 4.78 is 14.1. The van der Waals surface area contributed by atoms with Crippen LogP contribution in [-0.2, 0) is 4.79 Å². The van der Waals surface area contributed by atoms with Gasteiger partial charge in [0, 0.05) is 58.3 Å². The summed E-state index contributed by atoms with van der Waals surface area (Å²) in [6.45, 7) is 9.78. The van der Waals surface area contributed by atoms with Crippen molar-refractivity contribution in [3.05, 3.63) is 30.1 Å². The second kappa shape index (κ2) is 12.3. The van der Waals surface area contributed by atoms with E-state index in [4.69, 9.17) is 4.99 Å². The predicted octanol–water partition coefficient (Wildman–Crippen LogP) is 3.32. The minimum atomic E-state index is -0.163. The monoisotopic (exact) mass is 531 g/mol. The zero-order chi connectivity index (χ0) is 20.6. The Morgan fingerprint density at radius 3 is 2.50 bits per heavy atom. The molecule has 0 spiro atoms. The molecule has 1 atom stereocenters. The molecule has 0 radical (unpaired) electrons. The number of para-hydroxylation sites is 1. The summed E-state index contributed by atoms with van der Waals surface area (Å²) in [6.07, 6.45) is 3.54. The lowest BCUT2D eigenvalue weighted by atomic mass is 10.1. The van der Waals surface area contributed by atoms with Crippen LogP contribution in [0.3, 0.4) is 0 Å². The van der Waals surface area contributed by atoms with Crippen molar-refractivity contribution in [1.82, 2.24) is 15.1 Å². The highest BCUT2D eigenvalue weighted by molar-refractivity contribution is 14.0. The number of carbonyl (C=O) groups is 1. The van der Waals surface area contributed by atoms with Crippen molar-refractivity contribution in [3.63, 3.8) is 0 Å². The van der Waals surface area contributed by atoms with Crippen molar-refractivity contribution >= 4 is 41.5 Å². The van der Waals surface area contributed by atoms with E-state index in [1.165, 1.54) is 6.07 Å². The molecule has 168 valence electrons. The summed E-state index contributed by atoms with van der Waals surface area (Å²) in [5.41, 5.74) is 0.676.